The molecule has 0 aliphatic rings. The molecule has 1 aromatic heterocycles. The number of aromatic nitrogens is 1. The number of aliphatic hydroxyl groups excluding tert-OH is 1. The molecular formula is C9H17N3O2S. The third-order valence-corrected chi connectivity index (χ3v) is 2.92. The second-order valence-corrected chi connectivity index (χ2v) is 3.87. The molecular weight excluding hydrogens is 214 g/mol. The molecule has 3 N–H and O–H groups in total. The largest absolute Gasteiger partial charge is 0.490 e. The molecule has 1 heterocycles. The van der Waals surface area contributed by atoms with E-state index in [2.05, 4.69) is 11.3 Å². The molecule has 6 heteroatoms. The molecule has 0 spiro atoms. The summed E-state index contributed by atoms with van der Waals surface area (Å²) in [6, 6.07) is 0. The Morgan fingerprint density at radius 3 is 2.80 bits per heavy atom. The van der Waals surface area contributed by atoms with Crippen molar-refractivity contribution in [2.24, 2.45) is 0 Å². The van der Waals surface area contributed by atoms with Gasteiger partial charge < -0.3 is 20.5 Å². The average molecular weight is 231 g/mol. The van der Waals surface area contributed by atoms with Gasteiger partial charge in [0, 0.05) is 13.1 Å². The lowest BCUT2D eigenvalue weighted by Gasteiger charge is -2.21. The van der Waals surface area contributed by atoms with E-state index in [1.807, 2.05) is 4.90 Å². The van der Waals surface area contributed by atoms with E-state index >= 15 is 0 Å². The number of nitrogens with zero attached hydrogens (tertiary/aromatic N) is 2. The summed E-state index contributed by atoms with van der Waals surface area (Å²) in [6.07, 6.45) is 1.00. The highest BCUT2D eigenvalue weighted by atomic mass is 32.1. The Morgan fingerprint density at radius 2 is 2.27 bits per heavy atom. The lowest BCUT2D eigenvalue weighted by molar-refractivity contribution is 0.301. The first-order chi connectivity index (χ1) is 7.24. The van der Waals surface area contributed by atoms with Gasteiger partial charge in [0.05, 0.1) is 13.7 Å². The molecule has 86 valence electrons. The Labute approximate surface area is 93.6 Å². The summed E-state index contributed by atoms with van der Waals surface area (Å²) in [5.41, 5.74) is 5.67. The van der Waals surface area contributed by atoms with Crippen LogP contribution < -0.4 is 15.4 Å². The second-order valence-electron chi connectivity index (χ2n) is 3.12. The molecule has 0 radical (unpaired) electrons. The highest BCUT2D eigenvalue weighted by molar-refractivity contribution is 7.11. The number of methoxy groups -OCH3 is 1. The molecule has 5 nitrogen and oxygen atoms in total. The van der Waals surface area contributed by atoms with Crippen LogP contribution >= 0.6 is 11.5 Å². The number of hydrogen-bond donors (Lipinski definition) is 2. The third kappa shape index (κ3) is 2.73. The Balaban J connectivity index is 2.88. The maximum absolute atomic E-state index is 8.97. The third-order valence-electron chi connectivity index (χ3n) is 2.01. The first-order valence-corrected chi connectivity index (χ1v) is 5.66. The fourth-order valence-electron chi connectivity index (χ4n) is 1.38. The van der Waals surface area contributed by atoms with E-state index < -0.39 is 0 Å². The van der Waals surface area contributed by atoms with Crippen molar-refractivity contribution in [3.8, 4) is 5.75 Å². The van der Waals surface area contributed by atoms with Gasteiger partial charge in [-0.3, -0.25) is 0 Å². The topological polar surface area (TPSA) is 71.6 Å². The molecule has 0 aromatic carbocycles. The molecule has 0 atom stereocenters. The van der Waals surface area contributed by atoms with Gasteiger partial charge in [-0.25, -0.2) is 0 Å². The van der Waals surface area contributed by atoms with Crippen molar-refractivity contribution < 1.29 is 9.84 Å². The zero-order valence-corrected chi connectivity index (χ0v) is 9.88. The number of aliphatic hydroxyl groups is 1. The van der Waals surface area contributed by atoms with Gasteiger partial charge in [0.25, 0.3) is 0 Å². The van der Waals surface area contributed by atoms with Gasteiger partial charge in [-0.05, 0) is 18.0 Å². The Hall–Kier alpha value is -1.01. The summed E-state index contributed by atoms with van der Waals surface area (Å²) in [5, 5.41) is 9.86. The van der Waals surface area contributed by atoms with Crippen molar-refractivity contribution >= 4 is 22.4 Å². The van der Waals surface area contributed by atoms with Gasteiger partial charge in [-0.15, -0.1) is 0 Å². The van der Waals surface area contributed by atoms with E-state index in [0.717, 1.165) is 18.0 Å². The first-order valence-electron chi connectivity index (χ1n) is 4.89. The molecule has 0 unspecified atom stereocenters. The smallest absolute Gasteiger partial charge is 0.197 e. The summed E-state index contributed by atoms with van der Waals surface area (Å²) in [7, 11) is 1.58. The van der Waals surface area contributed by atoms with Crippen LogP contribution in [0.5, 0.6) is 5.75 Å². The maximum Gasteiger partial charge on any atom is 0.197 e. The highest BCUT2D eigenvalue weighted by Gasteiger charge is 2.17. The predicted octanol–water partition coefficient (Wildman–Crippen LogP) is 0.943. The molecule has 0 saturated heterocycles. The zero-order chi connectivity index (χ0) is 11.3. The Morgan fingerprint density at radius 1 is 1.53 bits per heavy atom. The number of rotatable bonds is 6. The number of nitrogen functional groups attached to an aromatic ring is 1. The summed E-state index contributed by atoms with van der Waals surface area (Å²) in [5.74, 6) is 1.03. The fraction of sp³-hybridized carbons (Fsp3) is 0.667. The molecule has 0 amide bonds. The van der Waals surface area contributed by atoms with Gasteiger partial charge >= 0.3 is 0 Å². The van der Waals surface area contributed by atoms with Crippen LogP contribution in [0.15, 0.2) is 0 Å². The minimum Gasteiger partial charge on any atom is -0.490 e. The molecule has 15 heavy (non-hydrogen) atoms. The summed E-state index contributed by atoms with van der Waals surface area (Å²) < 4.78 is 9.23. The minimum absolute atomic E-state index is 0.112. The van der Waals surface area contributed by atoms with E-state index in [4.69, 9.17) is 15.6 Å². The van der Waals surface area contributed by atoms with Crippen molar-refractivity contribution in [3.63, 3.8) is 0 Å². The van der Waals surface area contributed by atoms with E-state index in [9.17, 15) is 0 Å². The molecule has 0 bridgehead atoms. The normalized spacial score (nSPS) is 10.3. The number of ether oxygens (including phenoxy) is 1. The highest BCUT2D eigenvalue weighted by Crippen LogP contribution is 2.37. The van der Waals surface area contributed by atoms with Crippen LogP contribution in [0.1, 0.15) is 13.3 Å². The van der Waals surface area contributed by atoms with Gasteiger partial charge in [0.15, 0.2) is 16.6 Å². The van der Waals surface area contributed by atoms with E-state index in [-0.39, 0.29) is 6.61 Å². The van der Waals surface area contributed by atoms with Crippen LogP contribution in [-0.4, -0.2) is 36.3 Å². The summed E-state index contributed by atoms with van der Waals surface area (Å²) >= 11 is 1.30. The molecule has 0 aliphatic carbocycles. The maximum atomic E-state index is 8.97. The van der Waals surface area contributed by atoms with E-state index in [1.165, 1.54) is 11.5 Å². The van der Waals surface area contributed by atoms with Gasteiger partial charge in [0.1, 0.15) is 0 Å². The van der Waals surface area contributed by atoms with Crippen LogP contribution in [0, 0.1) is 0 Å². The van der Waals surface area contributed by atoms with Gasteiger partial charge in [0.2, 0.25) is 0 Å². The zero-order valence-electron chi connectivity index (χ0n) is 9.06. The van der Waals surface area contributed by atoms with Crippen LogP contribution in [0.25, 0.3) is 0 Å². The Kier molecular flexibility index (Phi) is 4.64. The Bertz CT molecular complexity index is 298. The van der Waals surface area contributed by atoms with Crippen molar-refractivity contribution in [1.29, 1.82) is 0 Å². The van der Waals surface area contributed by atoms with Crippen LogP contribution in [0.2, 0.25) is 0 Å². The van der Waals surface area contributed by atoms with Crippen molar-refractivity contribution in [3.05, 3.63) is 0 Å². The molecule has 1 rings (SSSR count). The monoisotopic (exact) mass is 231 g/mol. The lowest BCUT2D eigenvalue weighted by atomic mass is 10.4. The average Bonchev–Trinajstić information content (AvgIpc) is 2.59. The quantitative estimate of drug-likeness (QED) is 0.762. The van der Waals surface area contributed by atoms with Crippen molar-refractivity contribution in [2.45, 2.75) is 13.3 Å². The first kappa shape index (κ1) is 12.1. The standard InChI is InChI=1S/C9H17N3O2S/c1-3-4-12(5-6-13)9-7(14-2)8(10)11-15-9/h13H,3-6H2,1-2H3,(H2,10,11). The number of anilines is 2. The summed E-state index contributed by atoms with van der Waals surface area (Å²) in [4.78, 5) is 2.03. The fourth-order valence-corrected chi connectivity index (χ4v) is 2.22. The molecule has 0 fully saturated rings. The molecule has 0 aliphatic heterocycles. The lowest BCUT2D eigenvalue weighted by Crippen LogP contribution is -2.26. The van der Waals surface area contributed by atoms with Crippen LogP contribution in [0.4, 0.5) is 10.8 Å². The van der Waals surface area contributed by atoms with Crippen LogP contribution in [0.3, 0.4) is 0 Å². The minimum atomic E-state index is 0.112. The van der Waals surface area contributed by atoms with Crippen molar-refractivity contribution in [2.75, 3.05) is 37.4 Å². The van der Waals surface area contributed by atoms with Gasteiger partial charge in [-0.2, -0.15) is 4.37 Å². The number of nitrogens with two attached hydrogens (primary N) is 1. The molecule has 1 aromatic rings. The molecule has 0 saturated carbocycles. The SMILES string of the molecule is CCCN(CCO)c1snc(N)c1OC. The van der Waals surface area contributed by atoms with Crippen molar-refractivity contribution in [1.82, 2.24) is 4.37 Å². The second kappa shape index (κ2) is 5.77. The predicted molar refractivity (Wildman–Crippen MR) is 62.7 cm³/mol. The van der Waals surface area contributed by atoms with Gasteiger partial charge in [-0.1, -0.05) is 6.92 Å². The van der Waals surface area contributed by atoms with E-state index in [0.29, 0.717) is 18.1 Å². The van der Waals surface area contributed by atoms with Crippen LogP contribution in [-0.2, 0) is 0 Å². The summed E-state index contributed by atoms with van der Waals surface area (Å²) in [6.45, 7) is 3.63. The van der Waals surface area contributed by atoms with E-state index in [1.54, 1.807) is 7.11 Å². The number of hydrogen-bond acceptors (Lipinski definition) is 6.